The first-order chi connectivity index (χ1) is 14.5. The summed E-state index contributed by atoms with van der Waals surface area (Å²) in [6.07, 6.45) is 0.0510. The van der Waals surface area contributed by atoms with E-state index in [9.17, 15) is 9.59 Å². The molecule has 0 aromatic heterocycles. The smallest absolute Gasteiger partial charge is 0.271 e. The maximum absolute atomic E-state index is 12.4. The summed E-state index contributed by atoms with van der Waals surface area (Å²) >= 11 is 0. The van der Waals surface area contributed by atoms with Crippen molar-refractivity contribution in [3.8, 4) is 11.5 Å². The van der Waals surface area contributed by atoms with Crippen molar-refractivity contribution < 1.29 is 19.1 Å². The molecule has 0 radical (unpaired) electrons. The minimum Gasteiger partial charge on any atom is -0.493 e. The van der Waals surface area contributed by atoms with Crippen LogP contribution >= 0.6 is 0 Å². The second-order valence-corrected chi connectivity index (χ2v) is 6.61. The summed E-state index contributed by atoms with van der Waals surface area (Å²) in [5, 5.41) is 8.93. The highest BCUT2D eigenvalue weighted by Gasteiger charge is 2.11. The van der Waals surface area contributed by atoms with Gasteiger partial charge in [0, 0.05) is 22.3 Å². The lowest BCUT2D eigenvalue weighted by Gasteiger charge is -2.10. The van der Waals surface area contributed by atoms with Gasteiger partial charge in [-0.25, -0.2) is 5.43 Å². The molecule has 154 valence electrons. The first-order valence-corrected chi connectivity index (χ1v) is 9.35. The fourth-order valence-electron chi connectivity index (χ4n) is 2.99. The monoisotopic (exact) mass is 405 g/mol. The molecule has 2 amide bonds. The third-order valence-electron chi connectivity index (χ3n) is 4.47. The van der Waals surface area contributed by atoms with Gasteiger partial charge in [-0.1, -0.05) is 36.4 Å². The topological polar surface area (TPSA) is 89.0 Å². The zero-order chi connectivity index (χ0) is 21.5. The molecule has 3 aromatic carbocycles. The summed E-state index contributed by atoms with van der Waals surface area (Å²) in [6, 6.07) is 18.4. The number of anilines is 1. The first-order valence-electron chi connectivity index (χ1n) is 9.35. The third-order valence-corrected chi connectivity index (χ3v) is 4.47. The molecule has 0 saturated carbocycles. The number of carbonyl (C=O) groups is 2. The summed E-state index contributed by atoms with van der Waals surface area (Å²) in [7, 11) is 3.02. The van der Waals surface area contributed by atoms with Crippen LogP contribution in [0.1, 0.15) is 23.7 Å². The molecule has 0 unspecified atom stereocenters. The fourth-order valence-corrected chi connectivity index (χ4v) is 2.99. The Morgan fingerprint density at radius 3 is 2.43 bits per heavy atom. The molecule has 7 nitrogen and oxygen atoms in total. The Hall–Kier alpha value is -3.87. The number of hydrogen-bond acceptors (Lipinski definition) is 5. The third kappa shape index (κ3) is 4.94. The van der Waals surface area contributed by atoms with Crippen LogP contribution in [0.2, 0.25) is 0 Å². The number of hydrazone groups is 1. The summed E-state index contributed by atoms with van der Waals surface area (Å²) < 4.78 is 10.4. The van der Waals surface area contributed by atoms with Crippen LogP contribution < -0.4 is 20.2 Å². The van der Waals surface area contributed by atoms with Gasteiger partial charge < -0.3 is 14.8 Å². The Kier molecular flexibility index (Phi) is 6.64. The van der Waals surface area contributed by atoms with Crippen molar-refractivity contribution in [1.29, 1.82) is 0 Å². The van der Waals surface area contributed by atoms with Crippen molar-refractivity contribution in [2.45, 2.75) is 13.3 Å². The van der Waals surface area contributed by atoms with Crippen molar-refractivity contribution in [3.05, 3.63) is 66.2 Å². The minimum absolute atomic E-state index is 0.0510. The van der Waals surface area contributed by atoms with E-state index in [2.05, 4.69) is 15.8 Å². The SMILES string of the molecule is COc1ccc(C(=O)N/N=C(/C)CC(=O)Nc2cccc3ccccc23)cc1OC. The number of methoxy groups -OCH3 is 2. The van der Waals surface area contributed by atoms with Crippen molar-refractivity contribution in [1.82, 2.24) is 5.43 Å². The molecular weight excluding hydrogens is 382 g/mol. The number of rotatable bonds is 7. The van der Waals surface area contributed by atoms with Gasteiger partial charge in [-0.3, -0.25) is 9.59 Å². The van der Waals surface area contributed by atoms with E-state index < -0.39 is 5.91 Å². The maximum atomic E-state index is 12.4. The van der Waals surface area contributed by atoms with Crippen LogP contribution in [0.25, 0.3) is 10.8 Å². The van der Waals surface area contributed by atoms with Crippen molar-refractivity contribution >= 4 is 34.0 Å². The average molecular weight is 405 g/mol. The quantitative estimate of drug-likeness (QED) is 0.459. The summed E-state index contributed by atoms with van der Waals surface area (Å²) in [5.74, 6) is 0.344. The van der Waals surface area contributed by atoms with Gasteiger partial charge >= 0.3 is 0 Å². The number of hydrogen-bond donors (Lipinski definition) is 2. The van der Waals surface area contributed by atoms with Gasteiger partial charge in [-0.2, -0.15) is 5.10 Å². The highest BCUT2D eigenvalue weighted by atomic mass is 16.5. The van der Waals surface area contributed by atoms with Crippen LogP contribution in [0.4, 0.5) is 5.69 Å². The Bertz CT molecular complexity index is 1100. The van der Waals surface area contributed by atoms with Gasteiger partial charge in [0.2, 0.25) is 5.91 Å². The van der Waals surface area contributed by atoms with Gasteiger partial charge in [0.25, 0.3) is 5.91 Å². The van der Waals surface area contributed by atoms with E-state index in [0.29, 0.717) is 22.8 Å². The lowest BCUT2D eigenvalue weighted by atomic mass is 10.1. The van der Waals surface area contributed by atoms with E-state index in [1.807, 2.05) is 42.5 Å². The molecule has 0 fully saturated rings. The van der Waals surface area contributed by atoms with Crippen molar-refractivity contribution in [3.63, 3.8) is 0 Å². The largest absolute Gasteiger partial charge is 0.493 e. The molecule has 2 N–H and O–H groups in total. The highest BCUT2D eigenvalue weighted by Crippen LogP contribution is 2.27. The first kappa shape index (κ1) is 20.9. The predicted octanol–water partition coefficient (Wildman–Crippen LogP) is 3.99. The van der Waals surface area contributed by atoms with Gasteiger partial charge in [-0.05, 0) is 36.6 Å². The standard InChI is InChI=1S/C23H23N3O4/c1-15(25-26-23(28)17-11-12-20(29-2)21(14-17)30-3)13-22(27)24-19-10-6-8-16-7-4-5-9-18(16)19/h4-12,14H,13H2,1-3H3,(H,24,27)(H,26,28)/b25-15-. The lowest BCUT2D eigenvalue weighted by Crippen LogP contribution is -2.21. The maximum Gasteiger partial charge on any atom is 0.271 e. The van der Waals surface area contributed by atoms with Gasteiger partial charge in [0.15, 0.2) is 11.5 Å². The number of amides is 2. The number of carbonyl (C=O) groups excluding carboxylic acids is 2. The molecule has 0 aliphatic heterocycles. The fraction of sp³-hybridized carbons (Fsp3) is 0.174. The van der Waals surface area contributed by atoms with E-state index in [1.54, 1.807) is 25.1 Å². The number of nitrogens with one attached hydrogen (secondary N) is 2. The molecule has 7 heteroatoms. The molecule has 3 rings (SSSR count). The van der Waals surface area contributed by atoms with Crippen LogP contribution in [-0.4, -0.2) is 31.7 Å². The number of nitrogens with zero attached hydrogens (tertiary/aromatic N) is 1. The highest BCUT2D eigenvalue weighted by molar-refractivity contribution is 6.09. The van der Waals surface area contributed by atoms with Crippen LogP contribution in [0.15, 0.2) is 65.8 Å². The van der Waals surface area contributed by atoms with E-state index >= 15 is 0 Å². The van der Waals surface area contributed by atoms with Crippen molar-refractivity contribution in [2.75, 3.05) is 19.5 Å². The van der Waals surface area contributed by atoms with Gasteiger partial charge in [0.05, 0.1) is 20.6 Å². The lowest BCUT2D eigenvalue weighted by molar-refractivity contribution is -0.115. The Balaban J connectivity index is 1.62. The molecular formula is C23H23N3O4. The summed E-state index contributed by atoms with van der Waals surface area (Å²) in [4.78, 5) is 24.7. The normalized spacial score (nSPS) is 11.1. The van der Waals surface area contributed by atoms with E-state index in [4.69, 9.17) is 9.47 Å². The zero-order valence-corrected chi connectivity index (χ0v) is 17.1. The molecule has 0 heterocycles. The van der Waals surface area contributed by atoms with Crippen LogP contribution in [0.5, 0.6) is 11.5 Å². The van der Waals surface area contributed by atoms with Gasteiger partial charge in [-0.15, -0.1) is 0 Å². The van der Waals surface area contributed by atoms with E-state index in [0.717, 1.165) is 16.5 Å². The van der Waals surface area contributed by atoms with E-state index in [-0.39, 0.29) is 12.3 Å². The molecule has 0 bridgehead atoms. The molecule has 3 aromatic rings. The molecule has 0 saturated heterocycles. The Labute approximate surface area is 174 Å². The van der Waals surface area contributed by atoms with E-state index in [1.165, 1.54) is 14.2 Å². The molecule has 0 spiro atoms. The molecule has 0 atom stereocenters. The second kappa shape index (κ2) is 9.56. The summed E-state index contributed by atoms with van der Waals surface area (Å²) in [5.41, 5.74) is 4.03. The van der Waals surface area contributed by atoms with Gasteiger partial charge in [0.1, 0.15) is 0 Å². The minimum atomic E-state index is -0.412. The Morgan fingerprint density at radius 2 is 1.67 bits per heavy atom. The average Bonchev–Trinajstić information content (AvgIpc) is 2.77. The van der Waals surface area contributed by atoms with Crippen molar-refractivity contribution in [2.24, 2.45) is 5.10 Å². The zero-order valence-electron chi connectivity index (χ0n) is 17.1. The second-order valence-electron chi connectivity index (χ2n) is 6.61. The number of benzene rings is 3. The molecule has 0 aliphatic carbocycles. The number of ether oxygens (including phenoxy) is 2. The Morgan fingerprint density at radius 1 is 0.933 bits per heavy atom. The number of fused-ring (bicyclic) bond motifs is 1. The van der Waals surface area contributed by atoms with Crippen LogP contribution in [-0.2, 0) is 4.79 Å². The predicted molar refractivity (Wildman–Crippen MR) is 117 cm³/mol. The molecule has 0 aliphatic rings. The molecule has 30 heavy (non-hydrogen) atoms. The van der Waals surface area contributed by atoms with Crippen LogP contribution in [0, 0.1) is 0 Å². The summed E-state index contributed by atoms with van der Waals surface area (Å²) in [6.45, 7) is 1.68. The van der Waals surface area contributed by atoms with Crippen LogP contribution in [0.3, 0.4) is 0 Å².